The molecule has 0 unspecified atom stereocenters. The lowest BCUT2D eigenvalue weighted by molar-refractivity contribution is -0.138. The molecule has 1 aromatic carbocycles. The minimum absolute atomic E-state index is 0.143. The number of esters is 1. The number of nitriles is 1. The van der Waals surface area contributed by atoms with Gasteiger partial charge in [-0.25, -0.2) is 4.79 Å². The molecule has 1 heterocycles. The fraction of sp³-hybridized carbons (Fsp3) is 0.125. The number of carbonyl (C=O) groups excluding carboxylic acids is 1. The van der Waals surface area contributed by atoms with Crippen molar-refractivity contribution in [2.75, 3.05) is 6.61 Å². The van der Waals surface area contributed by atoms with Crippen LogP contribution in [0.4, 0.5) is 0 Å². The zero-order valence-electron chi connectivity index (χ0n) is 11.9. The zero-order chi connectivity index (χ0) is 16.8. The van der Waals surface area contributed by atoms with E-state index in [2.05, 4.69) is 0 Å². The van der Waals surface area contributed by atoms with Crippen LogP contribution < -0.4 is 0 Å². The van der Waals surface area contributed by atoms with Crippen LogP contribution in [-0.2, 0) is 16.0 Å². The van der Waals surface area contributed by atoms with Crippen molar-refractivity contribution in [2.24, 2.45) is 0 Å². The van der Waals surface area contributed by atoms with Crippen LogP contribution in [0.5, 0.6) is 17.2 Å². The van der Waals surface area contributed by atoms with E-state index in [1.54, 1.807) is 17.4 Å². The van der Waals surface area contributed by atoms with E-state index in [0.29, 0.717) is 6.42 Å². The Kier molecular flexibility index (Phi) is 5.23. The van der Waals surface area contributed by atoms with Gasteiger partial charge in [0.25, 0.3) is 0 Å². The Morgan fingerprint density at radius 1 is 1.30 bits per heavy atom. The molecule has 0 aliphatic heterocycles. The summed E-state index contributed by atoms with van der Waals surface area (Å²) in [5.74, 6) is -2.57. The van der Waals surface area contributed by atoms with Gasteiger partial charge >= 0.3 is 5.97 Å². The van der Waals surface area contributed by atoms with E-state index in [9.17, 15) is 20.1 Å². The summed E-state index contributed by atoms with van der Waals surface area (Å²) in [6, 6.07) is 7.76. The first-order chi connectivity index (χ1) is 11.0. The summed E-state index contributed by atoms with van der Waals surface area (Å²) in [7, 11) is 0. The van der Waals surface area contributed by atoms with Gasteiger partial charge in [0.15, 0.2) is 17.2 Å². The van der Waals surface area contributed by atoms with Crippen molar-refractivity contribution in [1.82, 2.24) is 0 Å². The van der Waals surface area contributed by atoms with Gasteiger partial charge in [0.05, 0.1) is 6.61 Å². The fourth-order valence-electron chi connectivity index (χ4n) is 1.79. The highest BCUT2D eigenvalue weighted by molar-refractivity contribution is 7.09. The van der Waals surface area contributed by atoms with Crippen LogP contribution in [-0.4, -0.2) is 27.9 Å². The quantitative estimate of drug-likeness (QED) is 0.336. The van der Waals surface area contributed by atoms with E-state index in [1.807, 2.05) is 17.5 Å². The topological polar surface area (TPSA) is 111 Å². The SMILES string of the molecule is N#CC(=Cc1cc(O)c(O)c(O)c1)C(=O)OCCc1cccs1. The number of ether oxygens (including phenoxy) is 1. The Labute approximate surface area is 136 Å². The molecule has 7 heteroatoms. The van der Waals surface area contributed by atoms with E-state index < -0.39 is 23.2 Å². The average Bonchev–Trinajstić information content (AvgIpc) is 3.03. The monoisotopic (exact) mass is 331 g/mol. The Morgan fingerprint density at radius 3 is 2.57 bits per heavy atom. The number of hydrogen-bond donors (Lipinski definition) is 3. The largest absolute Gasteiger partial charge is 0.504 e. The van der Waals surface area contributed by atoms with Gasteiger partial charge in [-0.2, -0.15) is 5.26 Å². The van der Waals surface area contributed by atoms with Crippen LogP contribution in [0.15, 0.2) is 35.2 Å². The summed E-state index contributed by atoms with van der Waals surface area (Å²) in [5, 5.41) is 39.1. The van der Waals surface area contributed by atoms with Crippen molar-refractivity contribution in [2.45, 2.75) is 6.42 Å². The first kappa shape index (κ1) is 16.4. The number of nitrogens with zero attached hydrogens (tertiary/aromatic N) is 1. The smallest absolute Gasteiger partial charge is 0.348 e. The number of rotatable bonds is 5. The first-order valence-electron chi connectivity index (χ1n) is 6.57. The Hall–Kier alpha value is -2.98. The van der Waals surface area contributed by atoms with Crippen LogP contribution in [0.1, 0.15) is 10.4 Å². The fourth-order valence-corrected chi connectivity index (χ4v) is 2.48. The van der Waals surface area contributed by atoms with Crippen LogP contribution >= 0.6 is 11.3 Å². The molecular formula is C16H13NO5S. The Morgan fingerprint density at radius 2 is 2.00 bits per heavy atom. The molecule has 2 rings (SSSR count). The Balaban J connectivity index is 2.06. The molecule has 3 N–H and O–H groups in total. The van der Waals surface area contributed by atoms with Crippen molar-refractivity contribution >= 4 is 23.4 Å². The van der Waals surface area contributed by atoms with Crippen LogP contribution in [0.2, 0.25) is 0 Å². The maximum absolute atomic E-state index is 11.9. The molecule has 118 valence electrons. The van der Waals surface area contributed by atoms with Crippen molar-refractivity contribution < 1.29 is 24.9 Å². The highest BCUT2D eigenvalue weighted by Crippen LogP contribution is 2.35. The molecular weight excluding hydrogens is 318 g/mol. The van der Waals surface area contributed by atoms with Gasteiger partial charge in [-0.1, -0.05) is 6.07 Å². The number of aromatic hydroxyl groups is 3. The second kappa shape index (κ2) is 7.33. The average molecular weight is 331 g/mol. The molecule has 0 amide bonds. The van der Waals surface area contributed by atoms with Gasteiger partial charge in [-0.15, -0.1) is 11.3 Å². The summed E-state index contributed by atoms with van der Waals surface area (Å²) in [6.07, 6.45) is 1.72. The Bertz CT molecular complexity index is 751. The van der Waals surface area contributed by atoms with Crippen molar-refractivity contribution in [3.05, 3.63) is 45.7 Å². The normalized spacial score (nSPS) is 11.0. The number of phenolic OH excluding ortho intramolecular Hbond substituents is 3. The molecule has 0 saturated heterocycles. The summed E-state index contributed by atoms with van der Waals surface area (Å²) in [4.78, 5) is 12.9. The van der Waals surface area contributed by atoms with E-state index in [0.717, 1.165) is 23.1 Å². The molecule has 0 spiro atoms. The molecule has 6 nitrogen and oxygen atoms in total. The summed E-state index contributed by atoms with van der Waals surface area (Å²) in [6.45, 7) is 0.143. The van der Waals surface area contributed by atoms with Gasteiger partial charge in [0.2, 0.25) is 0 Å². The molecule has 0 aliphatic carbocycles. The summed E-state index contributed by atoms with van der Waals surface area (Å²) < 4.78 is 5.03. The lowest BCUT2D eigenvalue weighted by atomic mass is 10.1. The molecule has 0 atom stereocenters. The van der Waals surface area contributed by atoms with Crippen molar-refractivity contribution in [3.8, 4) is 23.3 Å². The third-order valence-corrected chi connectivity index (χ3v) is 3.84. The molecule has 0 bridgehead atoms. The van der Waals surface area contributed by atoms with Crippen LogP contribution in [0.3, 0.4) is 0 Å². The second-order valence-corrected chi connectivity index (χ2v) is 5.58. The third-order valence-electron chi connectivity index (χ3n) is 2.91. The lowest BCUT2D eigenvalue weighted by Crippen LogP contribution is -2.09. The minimum Gasteiger partial charge on any atom is -0.504 e. The van der Waals surface area contributed by atoms with Gasteiger partial charge in [-0.3, -0.25) is 0 Å². The lowest BCUT2D eigenvalue weighted by Gasteiger charge is -2.04. The second-order valence-electron chi connectivity index (χ2n) is 4.54. The number of benzene rings is 1. The van der Waals surface area contributed by atoms with E-state index in [1.165, 1.54) is 0 Å². The maximum Gasteiger partial charge on any atom is 0.348 e. The number of phenols is 3. The molecule has 0 aliphatic rings. The van der Waals surface area contributed by atoms with E-state index >= 15 is 0 Å². The predicted molar refractivity (Wildman–Crippen MR) is 84.0 cm³/mol. The van der Waals surface area contributed by atoms with E-state index in [-0.39, 0.29) is 17.7 Å². The maximum atomic E-state index is 11.9. The molecule has 0 radical (unpaired) electrons. The van der Waals surface area contributed by atoms with Crippen LogP contribution in [0.25, 0.3) is 6.08 Å². The number of hydrogen-bond acceptors (Lipinski definition) is 7. The highest BCUT2D eigenvalue weighted by atomic mass is 32.1. The van der Waals surface area contributed by atoms with Crippen LogP contribution in [0, 0.1) is 11.3 Å². The highest BCUT2D eigenvalue weighted by Gasteiger charge is 2.13. The molecule has 0 fully saturated rings. The third kappa shape index (κ3) is 4.25. The first-order valence-corrected chi connectivity index (χ1v) is 7.45. The van der Waals surface area contributed by atoms with Gasteiger partial charge in [-0.05, 0) is 35.2 Å². The van der Waals surface area contributed by atoms with Gasteiger partial charge < -0.3 is 20.1 Å². The standard InChI is InChI=1S/C16H13NO5S/c17-9-11(6-10-7-13(18)15(20)14(19)8-10)16(21)22-4-3-12-2-1-5-23-12/h1-2,5-8,18-20H,3-4H2. The zero-order valence-corrected chi connectivity index (χ0v) is 12.7. The van der Waals surface area contributed by atoms with Gasteiger partial charge in [0.1, 0.15) is 11.6 Å². The molecule has 2 aromatic rings. The molecule has 0 saturated carbocycles. The summed E-state index contributed by atoms with van der Waals surface area (Å²) in [5.41, 5.74) is -0.0924. The van der Waals surface area contributed by atoms with E-state index in [4.69, 9.17) is 10.00 Å². The summed E-state index contributed by atoms with van der Waals surface area (Å²) >= 11 is 1.55. The van der Waals surface area contributed by atoms with Gasteiger partial charge in [0, 0.05) is 11.3 Å². The predicted octanol–water partition coefficient (Wildman–Crippen LogP) is 2.56. The molecule has 1 aromatic heterocycles. The number of carbonyl (C=O) groups is 1. The molecule has 23 heavy (non-hydrogen) atoms. The number of thiophene rings is 1. The van der Waals surface area contributed by atoms with Crippen molar-refractivity contribution in [1.29, 1.82) is 5.26 Å². The van der Waals surface area contributed by atoms with Crippen molar-refractivity contribution in [3.63, 3.8) is 0 Å². The minimum atomic E-state index is -0.795.